The molecule has 0 fully saturated rings. The van der Waals surface area contributed by atoms with Gasteiger partial charge in [-0.15, -0.1) is 47.5 Å². The van der Waals surface area contributed by atoms with E-state index in [1.807, 2.05) is 30.3 Å². The van der Waals surface area contributed by atoms with Crippen LogP contribution in [-0.4, -0.2) is 19.1 Å². The van der Waals surface area contributed by atoms with E-state index >= 15 is 0 Å². The third-order valence-electron chi connectivity index (χ3n) is 14.5. The van der Waals surface area contributed by atoms with Crippen LogP contribution >= 0.6 is 0 Å². The van der Waals surface area contributed by atoms with E-state index < -0.39 is 0 Å². The molecule has 7 heteroatoms. The van der Waals surface area contributed by atoms with E-state index in [-0.39, 0.29) is 48.7 Å². The zero-order valence-corrected chi connectivity index (χ0v) is 42.5. The van der Waals surface area contributed by atoms with Gasteiger partial charge in [0.05, 0.1) is 39.3 Å². The number of para-hydroxylation sites is 4. The van der Waals surface area contributed by atoms with E-state index in [9.17, 15) is 4.39 Å². The van der Waals surface area contributed by atoms with Gasteiger partial charge >= 0.3 is 0 Å². The zero-order valence-electron chi connectivity index (χ0n) is 40.2. The van der Waals surface area contributed by atoms with Crippen molar-refractivity contribution in [1.29, 1.82) is 0 Å². The number of fused-ring (bicyclic) bond motifs is 9. The van der Waals surface area contributed by atoms with E-state index in [0.717, 1.165) is 77.9 Å². The third kappa shape index (κ3) is 7.55. The van der Waals surface area contributed by atoms with E-state index in [1.54, 1.807) is 6.07 Å². The summed E-state index contributed by atoms with van der Waals surface area (Å²) in [5, 5.41) is 2.15. The summed E-state index contributed by atoms with van der Waals surface area (Å²) in [6.45, 7) is 17.9. The maximum atomic E-state index is 13.8. The molecule has 345 valence electrons. The van der Waals surface area contributed by atoms with Crippen molar-refractivity contribution in [2.24, 2.45) is 0 Å². The van der Waals surface area contributed by atoms with Gasteiger partial charge in [-0.3, -0.25) is 14.4 Å². The molecule has 11 aromatic rings. The predicted molar refractivity (Wildman–Crippen MR) is 278 cm³/mol. The Morgan fingerprint density at radius 3 is 1.80 bits per heavy atom. The molecular weight excluding hydrogens is 1030 g/mol. The van der Waals surface area contributed by atoms with Gasteiger partial charge in [0.15, 0.2) is 0 Å². The summed E-state index contributed by atoms with van der Waals surface area (Å²) in [6, 6.07) is 62.8. The molecule has 69 heavy (non-hydrogen) atoms. The van der Waals surface area contributed by atoms with Gasteiger partial charge in [-0.1, -0.05) is 150 Å². The molecule has 0 saturated carbocycles. The Hall–Kier alpha value is -6.92. The number of hydrogen-bond acceptors (Lipinski definition) is 3. The van der Waals surface area contributed by atoms with Crippen molar-refractivity contribution in [3.63, 3.8) is 0 Å². The van der Waals surface area contributed by atoms with Crippen molar-refractivity contribution in [3.8, 4) is 50.7 Å². The molecule has 8 aromatic carbocycles. The summed E-state index contributed by atoms with van der Waals surface area (Å²) < 4.78 is 25.2. The molecule has 1 aliphatic heterocycles. The van der Waals surface area contributed by atoms with Gasteiger partial charge < -0.3 is 13.6 Å². The van der Waals surface area contributed by atoms with Gasteiger partial charge in [0.1, 0.15) is 5.58 Å². The van der Waals surface area contributed by atoms with Crippen molar-refractivity contribution < 1.29 is 28.9 Å². The van der Waals surface area contributed by atoms with E-state index in [2.05, 4.69) is 198 Å². The van der Waals surface area contributed by atoms with Crippen LogP contribution in [0, 0.1) is 17.9 Å². The first-order valence-corrected chi connectivity index (χ1v) is 23.7. The minimum atomic E-state index is -0.243. The number of rotatable bonds is 6. The number of aromatic nitrogens is 4. The topological polar surface area (TPSA) is 48.8 Å². The van der Waals surface area contributed by atoms with Crippen molar-refractivity contribution >= 4 is 44.0 Å². The van der Waals surface area contributed by atoms with Gasteiger partial charge in [-0.2, -0.15) is 0 Å². The molecule has 0 bridgehead atoms. The normalized spacial score (nSPS) is 13.7. The Bertz CT molecular complexity index is 3680. The van der Waals surface area contributed by atoms with Crippen LogP contribution < -0.4 is 0 Å². The predicted octanol–water partition coefficient (Wildman–Crippen LogP) is 16.6. The SMILES string of the molecule is CC(C)c1cc(-c2ccccc2)cc(C(C)C)c1-n1c(-c2[c-]ccc3c2oc2cc(-c4ccccc4)ccc23)nc2ccccc21.CC1(C)c2cc(F)c[c-]c2-c2nc3ccccc3n2C1(C)C.[Ir]. The average molecular weight is 1080 g/mol. The molecule has 3 aromatic heterocycles. The van der Waals surface area contributed by atoms with Crippen LogP contribution in [0.4, 0.5) is 4.39 Å². The Morgan fingerprint density at radius 1 is 0.565 bits per heavy atom. The maximum absolute atomic E-state index is 13.8. The van der Waals surface area contributed by atoms with Crippen LogP contribution in [0.3, 0.4) is 0 Å². The molecule has 0 N–H and O–H groups in total. The molecular formula is C62H53FIrN4O-2. The summed E-state index contributed by atoms with van der Waals surface area (Å²) in [5.41, 5.74) is 16.6. The fourth-order valence-corrected chi connectivity index (χ4v) is 10.3. The number of nitrogens with zero attached hydrogens (tertiary/aromatic N) is 4. The minimum Gasteiger partial charge on any atom is -0.501 e. The van der Waals surface area contributed by atoms with Crippen LogP contribution in [0.25, 0.3) is 94.7 Å². The largest absolute Gasteiger partial charge is 0.501 e. The fraction of sp³-hybridized carbons (Fsp3) is 0.194. The van der Waals surface area contributed by atoms with E-state index in [4.69, 9.17) is 14.4 Å². The monoisotopic (exact) mass is 1080 g/mol. The van der Waals surface area contributed by atoms with Crippen molar-refractivity contribution in [1.82, 2.24) is 19.1 Å². The molecule has 0 atom stereocenters. The second-order valence-electron chi connectivity index (χ2n) is 19.8. The van der Waals surface area contributed by atoms with Crippen molar-refractivity contribution in [3.05, 3.63) is 198 Å². The Morgan fingerprint density at radius 2 is 1.14 bits per heavy atom. The summed E-state index contributed by atoms with van der Waals surface area (Å²) >= 11 is 0. The van der Waals surface area contributed by atoms with Crippen LogP contribution in [-0.2, 0) is 31.1 Å². The smallest absolute Gasteiger partial charge is 0.121 e. The van der Waals surface area contributed by atoms with Crippen LogP contribution in [0.15, 0.2) is 168 Å². The van der Waals surface area contributed by atoms with E-state index in [0.29, 0.717) is 0 Å². The van der Waals surface area contributed by atoms with Crippen LogP contribution in [0.1, 0.15) is 83.9 Å². The Balaban J connectivity index is 0.000000201. The number of hydrogen-bond donors (Lipinski definition) is 0. The van der Waals surface area contributed by atoms with Crippen LogP contribution in [0.2, 0.25) is 0 Å². The molecule has 1 radical (unpaired) electrons. The first-order chi connectivity index (χ1) is 32.8. The maximum Gasteiger partial charge on any atom is 0.121 e. The van der Waals surface area contributed by atoms with Crippen molar-refractivity contribution in [2.45, 2.75) is 78.2 Å². The summed E-state index contributed by atoms with van der Waals surface area (Å²) in [4.78, 5) is 10.1. The van der Waals surface area contributed by atoms with Gasteiger partial charge in [-0.25, -0.2) is 0 Å². The molecule has 1 aliphatic rings. The number of imidazole rings is 2. The first kappa shape index (κ1) is 45.8. The molecule has 0 saturated heterocycles. The summed E-state index contributed by atoms with van der Waals surface area (Å²) in [6.07, 6.45) is 0. The zero-order chi connectivity index (χ0) is 47.1. The third-order valence-corrected chi connectivity index (χ3v) is 14.5. The molecule has 0 unspecified atom stereocenters. The molecule has 0 spiro atoms. The average Bonchev–Trinajstić information content (AvgIpc) is 4.06. The first-order valence-electron chi connectivity index (χ1n) is 23.7. The summed E-state index contributed by atoms with van der Waals surface area (Å²) in [5.74, 6) is 2.04. The standard InChI is InChI=1S/C43H35N2O.C19H18FN2.Ir/c1-27(2)36-24-32(30-16-9-6-10-17-30)25-37(28(3)4)41(36)45-39-21-12-11-20-38(39)44-43(45)35-19-13-18-34-33-23-22-31(26-40(33)46-42(34)35)29-14-7-5-8-15-29;1-18(2)14-11-12(20)9-10-13(14)17-21-15-7-5-6-8-16(15)22(17)19(18,3)4;/h5-18,20-28H,1-4H3;5-9,11H,1-4H3;/q2*-1;. The summed E-state index contributed by atoms with van der Waals surface area (Å²) in [7, 11) is 0. The van der Waals surface area contributed by atoms with Gasteiger partial charge in [0, 0.05) is 42.5 Å². The van der Waals surface area contributed by atoms with Crippen molar-refractivity contribution in [2.75, 3.05) is 0 Å². The van der Waals surface area contributed by atoms with Gasteiger partial charge in [0.2, 0.25) is 0 Å². The molecule has 5 nitrogen and oxygen atoms in total. The molecule has 4 heterocycles. The quantitative estimate of drug-likeness (QED) is 0.156. The second-order valence-corrected chi connectivity index (χ2v) is 19.8. The number of halogens is 1. The Labute approximate surface area is 417 Å². The second kappa shape index (κ2) is 17.6. The van der Waals surface area contributed by atoms with E-state index in [1.165, 1.54) is 39.6 Å². The Kier molecular flexibility index (Phi) is 11.7. The molecule has 12 rings (SSSR count). The fourth-order valence-electron chi connectivity index (χ4n) is 10.3. The van der Waals surface area contributed by atoms with Crippen LogP contribution in [0.5, 0.6) is 0 Å². The van der Waals surface area contributed by atoms with Gasteiger partial charge in [0.25, 0.3) is 0 Å². The molecule has 0 aliphatic carbocycles. The minimum absolute atomic E-state index is 0. The van der Waals surface area contributed by atoms with Gasteiger partial charge in [-0.05, 0) is 107 Å². The number of benzene rings is 8. The number of furan rings is 1. The molecule has 0 amide bonds.